The molecule has 0 saturated heterocycles. The lowest BCUT2D eigenvalue weighted by atomic mass is 10.2. The van der Waals surface area contributed by atoms with Gasteiger partial charge in [-0.15, -0.1) is 11.3 Å². The second-order valence-corrected chi connectivity index (χ2v) is 8.83. The summed E-state index contributed by atoms with van der Waals surface area (Å²) in [6.07, 6.45) is 1.56. The smallest absolute Gasteiger partial charge is 0.263 e. The predicted octanol–water partition coefficient (Wildman–Crippen LogP) is 2.71. The standard InChI is InChI=1S/C20H20N4O5S2/c1-29-16-4-2-3-14(13-16)19(26)21-10-9-18(25)23-15-5-7-17(8-6-15)31(27,28)24-20-22-11-12-30-20/h2-8,11-13H,9-10H2,1H3,(H,21,26)(H,22,24)(H,23,25). The topological polar surface area (TPSA) is 126 Å². The van der Waals surface area contributed by atoms with Gasteiger partial charge in [0, 0.05) is 35.8 Å². The van der Waals surface area contributed by atoms with Crippen LogP contribution in [0.15, 0.2) is 65.0 Å². The van der Waals surface area contributed by atoms with E-state index in [4.69, 9.17) is 4.74 Å². The highest BCUT2D eigenvalue weighted by Gasteiger charge is 2.15. The summed E-state index contributed by atoms with van der Waals surface area (Å²) in [6.45, 7) is 0.145. The molecule has 0 aliphatic heterocycles. The van der Waals surface area contributed by atoms with Crippen LogP contribution >= 0.6 is 11.3 Å². The third-order valence-corrected chi connectivity index (χ3v) is 6.24. The Bertz CT molecular complexity index is 1150. The molecular formula is C20H20N4O5S2. The summed E-state index contributed by atoms with van der Waals surface area (Å²) in [5.74, 6) is -0.0610. The van der Waals surface area contributed by atoms with Crippen molar-refractivity contribution in [1.82, 2.24) is 10.3 Å². The van der Waals surface area contributed by atoms with Crippen molar-refractivity contribution in [3.8, 4) is 5.75 Å². The zero-order valence-corrected chi connectivity index (χ0v) is 18.1. The van der Waals surface area contributed by atoms with Gasteiger partial charge in [-0.3, -0.25) is 14.3 Å². The molecule has 1 heterocycles. The Kier molecular flexibility index (Phi) is 7.21. The van der Waals surface area contributed by atoms with Crippen LogP contribution in [0, 0.1) is 0 Å². The second kappa shape index (κ2) is 10.0. The van der Waals surface area contributed by atoms with Crippen LogP contribution in [0.4, 0.5) is 10.8 Å². The molecule has 2 amide bonds. The average molecular weight is 461 g/mol. The van der Waals surface area contributed by atoms with Gasteiger partial charge < -0.3 is 15.4 Å². The number of nitrogens with one attached hydrogen (secondary N) is 3. The lowest BCUT2D eigenvalue weighted by Crippen LogP contribution is -2.27. The van der Waals surface area contributed by atoms with Crippen LogP contribution in [0.25, 0.3) is 0 Å². The summed E-state index contributed by atoms with van der Waals surface area (Å²) in [4.78, 5) is 28.2. The van der Waals surface area contributed by atoms with Crippen LogP contribution < -0.4 is 20.1 Å². The van der Waals surface area contributed by atoms with Crippen molar-refractivity contribution in [2.45, 2.75) is 11.3 Å². The van der Waals surface area contributed by atoms with Gasteiger partial charge in [0.1, 0.15) is 5.75 Å². The maximum atomic E-state index is 12.3. The molecule has 0 spiro atoms. The number of sulfonamides is 1. The van der Waals surface area contributed by atoms with Crippen LogP contribution in [0.1, 0.15) is 16.8 Å². The van der Waals surface area contributed by atoms with Crippen molar-refractivity contribution in [3.05, 3.63) is 65.7 Å². The number of nitrogens with zero attached hydrogens (tertiary/aromatic N) is 1. The highest BCUT2D eigenvalue weighted by molar-refractivity contribution is 7.93. The van der Waals surface area contributed by atoms with Gasteiger partial charge >= 0.3 is 0 Å². The number of thiazole rings is 1. The van der Waals surface area contributed by atoms with Gasteiger partial charge in [0.2, 0.25) is 5.91 Å². The fourth-order valence-corrected chi connectivity index (χ4v) is 4.33. The van der Waals surface area contributed by atoms with E-state index in [-0.39, 0.29) is 34.8 Å². The van der Waals surface area contributed by atoms with Gasteiger partial charge in [-0.25, -0.2) is 13.4 Å². The van der Waals surface area contributed by atoms with Crippen LogP contribution in [0.3, 0.4) is 0 Å². The summed E-state index contributed by atoms with van der Waals surface area (Å²) in [6, 6.07) is 12.4. The first-order valence-electron chi connectivity index (χ1n) is 9.12. The molecule has 162 valence electrons. The Morgan fingerprint density at radius 1 is 1.13 bits per heavy atom. The number of aromatic nitrogens is 1. The van der Waals surface area contributed by atoms with Gasteiger partial charge in [-0.1, -0.05) is 6.07 Å². The minimum atomic E-state index is -3.75. The normalized spacial score (nSPS) is 10.9. The highest BCUT2D eigenvalue weighted by atomic mass is 32.2. The van der Waals surface area contributed by atoms with Crippen molar-refractivity contribution in [2.24, 2.45) is 0 Å². The van der Waals surface area contributed by atoms with E-state index in [1.807, 2.05) is 0 Å². The third kappa shape index (κ3) is 6.27. The molecule has 3 rings (SSSR count). The number of hydrogen-bond donors (Lipinski definition) is 3. The molecule has 0 aliphatic carbocycles. The summed E-state index contributed by atoms with van der Waals surface area (Å²) >= 11 is 1.17. The number of carbonyl (C=O) groups is 2. The van der Waals surface area contributed by atoms with Crippen LogP contribution in [-0.4, -0.2) is 38.9 Å². The number of carbonyl (C=O) groups excluding carboxylic acids is 2. The molecule has 1 aromatic heterocycles. The number of amides is 2. The molecule has 0 fully saturated rings. The first-order chi connectivity index (χ1) is 14.9. The molecule has 0 radical (unpaired) electrons. The van der Waals surface area contributed by atoms with E-state index < -0.39 is 10.0 Å². The quantitative estimate of drug-likeness (QED) is 0.451. The fourth-order valence-electron chi connectivity index (χ4n) is 2.54. The van der Waals surface area contributed by atoms with Crippen molar-refractivity contribution >= 4 is 44.0 Å². The number of benzene rings is 2. The van der Waals surface area contributed by atoms with E-state index in [1.165, 1.54) is 48.9 Å². The fraction of sp³-hybridized carbons (Fsp3) is 0.150. The summed E-state index contributed by atoms with van der Waals surface area (Å²) < 4.78 is 32.1. The number of hydrogen-bond acceptors (Lipinski definition) is 7. The summed E-state index contributed by atoms with van der Waals surface area (Å²) in [5.41, 5.74) is 0.875. The molecule has 9 nitrogen and oxygen atoms in total. The van der Waals surface area contributed by atoms with Gasteiger partial charge in [0.15, 0.2) is 5.13 Å². The van der Waals surface area contributed by atoms with Crippen LogP contribution in [0.2, 0.25) is 0 Å². The first-order valence-corrected chi connectivity index (χ1v) is 11.5. The maximum Gasteiger partial charge on any atom is 0.263 e. The molecule has 3 N–H and O–H groups in total. The Morgan fingerprint density at radius 2 is 1.90 bits per heavy atom. The Labute approximate surface area is 183 Å². The molecule has 3 aromatic rings. The van der Waals surface area contributed by atoms with Crippen LogP contribution in [0.5, 0.6) is 5.75 Å². The minimum Gasteiger partial charge on any atom is -0.497 e. The molecule has 0 bridgehead atoms. The molecule has 31 heavy (non-hydrogen) atoms. The highest BCUT2D eigenvalue weighted by Crippen LogP contribution is 2.19. The largest absolute Gasteiger partial charge is 0.497 e. The third-order valence-electron chi connectivity index (χ3n) is 4.07. The van der Waals surface area contributed by atoms with Gasteiger partial charge in [0.05, 0.1) is 12.0 Å². The van der Waals surface area contributed by atoms with Crippen molar-refractivity contribution in [1.29, 1.82) is 0 Å². The number of methoxy groups -OCH3 is 1. The van der Waals surface area contributed by atoms with E-state index in [0.29, 0.717) is 17.0 Å². The lowest BCUT2D eigenvalue weighted by molar-refractivity contribution is -0.116. The summed E-state index contributed by atoms with van der Waals surface area (Å²) in [7, 11) is -2.24. The number of ether oxygens (including phenoxy) is 1. The Hall–Kier alpha value is -3.44. The molecular weight excluding hydrogens is 440 g/mol. The molecule has 0 aliphatic rings. The predicted molar refractivity (Wildman–Crippen MR) is 118 cm³/mol. The first kappa shape index (κ1) is 22.2. The van der Waals surface area contributed by atoms with Crippen molar-refractivity contribution in [3.63, 3.8) is 0 Å². The summed E-state index contributed by atoms with van der Waals surface area (Å²) in [5, 5.41) is 7.27. The number of anilines is 2. The molecule has 11 heteroatoms. The van der Waals surface area contributed by atoms with E-state index in [9.17, 15) is 18.0 Å². The van der Waals surface area contributed by atoms with Gasteiger partial charge in [0.25, 0.3) is 15.9 Å². The second-order valence-electron chi connectivity index (χ2n) is 6.25. The van der Waals surface area contributed by atoms with E-state index in [0.717, 1.165) is 0 Å². The maximum absolute atomic E-state index is 12.3. The van der Waals surface area contributed by atoms with Gasteiger partial charge in [-0.05, 0) is 42.5 Å². The Morgan fingerprint density at radius 3 is 2.58 bits per heavy atom. The van der Waals surface area contributed by atoms with Crippen molar-refractivity contribution in [2.75, 3.05) is 23.7 Å². The average Bonchev–Trinajstić information content (AvgIpc) is 3.26. The van der Waals surface area contributed by atoms with E-state index in [2.05, 4.69) is 20.3 Å². The zero-order chi connectivity index (χ0) is 22.3. The monoisotopic (exact) mass is 460 g/mol. The minimum absolute atomic E-state index is 0.0475. The zero-order valence-electron chi connectivity index (χ0n) is 16.5. The van der Waals surface area contributed by atoms with Gasteiger partial charge in [-0.2, -0.15) is 0 Å². The molecule has 0 atom stereocenters. The van der Waals surface area contributed by atoms with Crippen LogP contribution in [-0.2, 0) is 14.8 Å². The molecule has 0 saturated carbocycles. The molecule has 0 unspecified atom stereocenters. The van der Waals surface area contributed by atoms with E-state index in [1.54, 1.807) is 29.6 Å². The molecule has 2 aromatic carbocycles. The lowest BCUT2D eigenvalue weighted by Gasteiger charge is -2.09. The van der Waals surface area contributed by atoms with E-state index >= 15 is 0 Å². The Balaban J connectivity index is 1.48. The van der Waals surface area contributed by atoms with Crippen molar-refractivity contribution < 1.29 is 22.7 Å². The number of rotatable bonds is 9. The SMILES string of the molecule is COc1cccc(C(=O)NCCC(=O)Nc2ccc(S(=O)(=O)Nc3nccs3)cc2)c1.